The van der Waals surface area contributed by atoms with Crippen molar-refractivity contribution in [3.05, 3.63) is 48.6 Å². The van der Waals surface area contributed by atoms with E-state index in [-0.39, 0.29) is 32.3 Å². The van der Waals surface area contributed by atoms with Crippen molar-refractivity contribution in [3.63, 3.8) is 0 Å². The van der Waals surface area contributed by atoms with Crippen molar-refractivity contribution in [2.75, 3.05) is 33.0 Å². The van der Waals surface area contributed by atoms with Crippen LogP contribution in [-0.4, -0.2) is 49.9 Å². The van der Waals surface area contributed by atoms with Crippen LogP contribution in [-0.2, 0) is 27.9 Å². The molecule has 0 saturated carbocycles. The van der Waals surface area contributed by atoms with Gasteiger partial charge in [0.05, 0.1) is 19.8 Å². The van der Waals surface area contributed by atoms with Gasteiger partial charge in [0, 0.05) is 19.6 Å². The number of hydrogen-bond acceptors (Lipinski definition) is 7. The summed E-state index contributed by atoms with van der Waals surface area (Å²) >= 11 is 0. The van der Waals surface area contributed by atoms with E-state index < -0.39 is 13.9 Å². The van der Waals surface area contributed by atoms with E-state index in [0.29, 0.717) is 13.0 Å². The Morgan fingerprint density at radius 1 is 0.492 bits per heavy atom. The van der Waals surface area contributed by atoms with Gasteiger partial charge in [-0.2, -0.15) is 0 Å². The van der Waals surface area contributed by atoms with Gasteiger partial charge in [-0.3, -0.25) is 13.8 Å². The molecule has 2 unspecified atom stereocenters. The number of rotatable bonds is 49. The van der Waals surface area contributed by atoms with Gasteiger partial charge >= 0.3 is 13.8 Å². The maximum atomic E-state index is 12.6. The van der Waals surface area contributed by atoms with E-state index in [1.165, 1.54) is 173 Å². The zero-order chi connectivity index (χ0) is 44.4. The predicted molar refractivity (Wildman–Crippen MR) is 261 cm³/mol. The first-order chi connectivity index (χ1) is 29.9. The molecular weight excluding hydrogens is 782 g/mol. The fraction of sp³-hybridized carbons (Fsp3) is 0.827. The van der Waals surface area contributed by atoms with Crippen LogP contribution in [0.15, 0.2) is 48.6 Å². The van der Waals surface area contributed by atoms with E-state index in [1.807, 2.05) is 0 Å². The largest absolute Gasteiger partial charge is 0.472 e. The predicted octanol–water partition coefficient (Wildman–Crippen LogP) is 15.9. The number of carbonyl (C=O) groups is 1. The van der Waals surface area contributed by atoms with Crippen LogP contribution in [0.1, 0.15) is 239 Å². The number of phosphoric ester groups is 1. The summed E-state index contributed by atoms with van der Waals surface area (Å²) in [6.45, 7) is 4.92. The lowest BCUT2D eigenvalue weighted by atomic mass is 10.1. The number of phosphoric acid groups is 1. The number of ether oxygens (including phenoxy) is 2. The van der Waals surface area contributed by atoms with Gasteiger partial charge in [-0.15, -0.1) is 0 Å². The number of nitrogens with two attached hydrogens (primary N) is 1. The highest BCUT2D eigenvalue weighted by molar-refractivity contribution is 7.47. The first-order valence-corrected chi connectivity index (χ1v) is 27.1. The first kappa shape index (κ1) is 59.5. The third-order valence-electron chi connectivity index (χ3n) is 11.0. The van der Waals surface area contributed by atoms with Crippen molar-refractivity contribution in [1.29, 1.82) is 0 Å². The average Bonchev–Trinajstić information content (AvgIpc) is 3.25. The van der Waals surface area contributed by atoms with Crippen LogP contribution < -0.4 is 5.73 Å². The monoisotopic (exact) mass is 880 g/mol. The van der Waals surface area contributed by atoms with Crippen LogP contribution in [0.3, 0.4) is 0 Å². The maximum absolute atomic E-state index is 12.6. The van der Waals surface area contributed by atoms with Crippen LogP contribution in [0.25, 0.3) is 0 Å². The minimum absolute atomic E-state index is 0.0978. The second-order valence-corrected chi connectivity index (χ2v) is 18.5. The molecule has 0 saturated heterocycles. The SMILES string of the molecule is CCCCCCC/C=C\C/C=C\C/C=C\CCCCCCCCCCCOCC(COP(=O)(O)OCCN)OC(=O)CCCCCCCCC/C=C\CCCCCCCCC. The molecule has 0 rings (SSSR count). The smallest absolute Gasteiger partial charge is 0.457 e. The van der Waals surface area contributed by atoms with Crippen LogP contribution >= 0.6 is 7.82 Å². The van der Waals surface area contributed by atoms with Gasteiger partial charge in [0.2, 0.25) is 0 Å². The Morgan fingerprint density at radius 2 is 0.869 bits per heavy atom. The Morgan fingerprint density at radius 3 is 1.31 bits per heavy atom. The summed E-state index contributed by atoms with van der Waals surface area (Å²) in [5.41, 5.74) is 5.39. The van der Waals surface area contributed by atoms with Gasteiger partial charge in [0.1, 0.15) is 6.10 Å². The molecule has 61 heavy (non-hydrogen) atoms. The molecule has 0 aromatic heterocycles. The average molecular weight is 880 g/mol. The van der Waals surface area contributed by atoms with Crippen molar-refractivity contribution in [1.82, 2.24) is 0 Å². The lowest BCUT2D eigenvalue weighted by molar-refractivity contribution is -0.154. The lowest BCUT2D eigenvalue weighted by Crippen LogP contribution is -2.28. The summed E-state index contributed by atoms with van der Waals surface area (Å²) in [6, 6.07) is 0. The second kappa shape index (κ2) is 49.5. The quantitative estimate of drug-likeness (QED) is 0.0269. The Balaban J connectivity index is 3.96. The Kier molecular flexibility index (Phi) is 48.2. The molecule has 358 valence electrons. The van der Waals surface area contributed by atoms with E-state index in [1.54, 1.807) is 0 Å². The lowest BCUT2D eigenvalue weighted by Gasteiger charge is -2.20. The Hall–Kier alpha value is -1.54. The van der Waals surface area contributed by atoms with Crippen LogP contribution in [0, 0.1) is 0 Å². The number of carbonyl (C=O) groups excluding carboxylic acids is 1. The molecule has 8 nitrogen and oxygen atoms in total. The van der Waals surface area contributed by atoms with E-state index in [0.717, 1.165) is 44.9 Å². The van der Waals surface area contributed by atoms with Gasteiger partial charge in [-0.05, 0) is 77.0 Å². The summed E-state index contributed by atoms with van der Waals surface area (Å²) in [5, 5.41) is 0. The van der Waals surface area contributed by atoms with Gasteiger partial charge < -0.3 is 20.1 Å². The van der Waals surface area contributed by atoms with Crippen LogP contribution in [0.5, 0.6) is 0 Å². The van der Waals surface area contributed by atoms with E-state index in [4.69, 9.17) is 24.3 Å². The third-order valence-corrected chi connectivity index (χ3v) is 12.0. The molecular formula is C52H98NO7P. The number of allylic oxidation sites excluding steroid dienone is 8. The molecule has 0 amide bonds. The zero-order valence-electron chi connectivity index (χ0n) is 39.9. The van der Waals surface area contributed by atoms with Crippen LogP contribution in [0.4, 0.5) is 0 Å². The third kappa shape index (κ3) is 49.3. The molecule has 0 radical (unpaired) electrons. The molecule has 0 spiro atoms. The van der Waals surface area contributed by atoms with E-state index in [2.05, 4.69) is 62.5 Å². The number of hydrogen-bond donors (Lipinski definition) is 2. The highest BCUT2D eigenvalue weighted by atomic mass is 31.2. The molecule has 9 heteroatoms. The van der Waals surface area contributed by atoms with E-state index in [9.17, 15) is 14.3 Å². The molecule has 0 aliphatic heterocycles. The minimum atomic E-state index is -4.29. The molecule has 0 fully saturated rings. The van der Waals surface area contributed by atoms with Gasteiger partial charge in [0.25, 0.3) is 0 Å². The molecule has 0 aliphatic carbocycles. The standard InChI is InChI=1S/C52H98NO7P/c1-3-5-7-9-11-13-15-17-19-21-23-24-25-26-27-28-30-32-34-36-38-40-42-44-47-57-49-51(50-59-61(55,56)58-48-46-53)60-52(54)45-43-41-39-37-35-33-31-29-22-20-18-16-14-12-10-8-6-4-2/h15,17,20-23,25-26,51H,3-14,16,18-19,24,27-50,53H2,1-2H3,(H,55,56)/b17-15-,22-20-,23-21-,26-25-. The summed E-state index contributed by atoms with van der Waals surface area (Å²) in [7, 11) is -4.29. The Labute approximate surface area is 377 Å². The molecule has 0 aromatic carbocycles. The fourth-order valence-electron chi connectivity index (χ4n) is 7.18. The Bertz CT molecular complexity index is 1080. The molecule has 0 heterocycles. The fourth-order valence-corrected chi connectivity index (χ4v) is 7.94. The van der Waals surface area contributed by atoms with Gasteiger partial charge in [-0.25, -0.2) is 4.57 Å². The highest BCUT2D eigenvalue weighted by Gasteiger charge is 2.25. The van der Waals surface area contributed by atoms with Crippen molar-refractivity contribution in [3.8, 4) is 0 Å². The molecule has 2 atom stereocenters. The van der Waals surface area contributed by atoms with Crippen molar-refractivity contribution >= 4 is 13.8 Å². The number of unbranched alkanes of at least 4 members (excludes halogenated alkanes) is 28. The topological polar surface area (TPSA) is 117 Å². The summed E-state index contributed by atoms with van der Waals surface area (Å²) in [6.07, 6.45) is 60.0. The minimum Gasteiger partial charge on any atom is -0.457 e. The van der Waals surface area contributed by atoms with Gasteiger partial charge in [0.15, 0.2) is 0 Å². The van der Waals surface area contributed by atoms with Crippen LogP contribution in [0.2, 0.25) is 0 Å². The highest BCUT2D eigenvalue weighted by Crippen LogP contribution is 2.43. The molecule has 0 aliphatic rings. The molecule has 0 aromatic rings. The maximum Gasteiger partial charge on any atom is 0.472 e. The summed E-state index contributed by atoms with van der Waals surface area (Å²) < 4.78 is 33.6. The van der Waals surface area contributed by atoms with Crippen molar-refractivity contribution in [2.24, 2.45) is 5.73 Å². The summed E-state index contributed by atoms with van der Waals surface area (Å²) in [4.78, 5) is 22.6. The molecule has 3 N–H and O–H groups in total. The van der Waals surface area contributed by atoms with Crippen molar-refractivity contribution < 1.29 is 32.8 Å². The first-order valence-electron chi connectivity index (χ1n) is 25.6. The van der Waals surface area contributed by atoms with E-state index >= 15 is 0 Å². The zero-order valence-corrected chi connectivity index (χ0v) is 40.8. The number of esters is 1. The van der Waals surface area contributed by atoms with Gasteiger partial charge in [-0.1, -0.05) is 204 Å². The molecule has 0 bridgehead atoms. The van der Waals surface area contributed by atoms with Crippen molar-refractivity contribution in [2.45, 2.75) is 245 Å². The summed E-state index contributed by atoms with van der Waals surface area (Å²) in [5.74, 6) is -0.335. The second-order valence-electron chi connectivity index (χ2n) is 17.0. The normalized spacial score (nSPS) is 13.7.